The number of para-hydroxylation sites is 1. The number of nitrogens with zero attached hydrogens (tertiary/aromatic N) is 9. The number of nitrogens with one attached hydrogen (secondary N) is 2. The molecule has 3 aliphatic rings. The summed E-state index contributed by atoms with van der Waals surface area (Å²) in [7, 11) is 1.84. The minimum Gasteiger partial charge on any atom is -0.395 e. The van der Waals surface area contributed by atoms with Gasteiger partial charge in [0.05, 0.1) is 47.4 Å². The molecule has 1 atom stereocenters. The fraction of sp³-hybridized carbons (Fsp3) is 0.404. The van der Waals surface area contributed by atoms with Crippen LogP contribution in [0.5, 0.6) is 0 Å². The molecule has 3 fully saturated rings. The van der Waals surface area contributed by atoms with Crippen LogP contribution in [0.25, 0.3) is 38.9 Å². The monoisotopic (exact) mass is 837 g/mol. The lowest BCUT2D eigenvalue weighted by Gasteiger charge is -2.35. The van der Waals surface area contributed by atoms with E-state index in [2.05, 4.69) is 92.0 Å². The van der Waals surface area contributed by atoms with Crippen molar-refractivity contribution in [3.8, 4) is 22.4 Å². The van der Waals surface area contributed by atoms with Gasteiger partial charge in [-0.3, -0.25) is 34.2 Å². The maximum absolute atomic E-state index is 13.4. The maximum atomic E-state index is 13.4. The Morgan fingerprint density at radius 1 is 0.855 bits per heavy atom. The van der Waals surface area contributed by atoms with E-state index in [9.17, 15) is 19.5 Å². The van der Waals surface area contributed by atoms with Crippen molar-refractivity contribution < 1.29 is 19.5 Å². The highest BCUT2D eigenvalue weighted by molar-refractivity contribution is 6.03. The van der Waals surface area contributed by atoms with Crippen LogP contribution in [0.4, 0.5) is 11.5 Å². The Labute approximate surface area is 361 Å². The third-order valence-electron chi connectivity index (χ3n) is 12.7. The van der Waals surface area contributed by atoms with Crippen molar-refractivity contribution in [1.29, 1.82) is 0 Å². The molecular weight excluding hydrogens is 783 g/mol. The number of carbonyl (C=O) groups is 3. The van der Waals surface area contributed by atoms with Crippen LogP contribution < -0.4 is 15.5 Å². The molecule has 0 aliphatic carbocycles. The molecule has 15 nitrogen and oxygen atoms in total. The van der Waals surface area contributed by atoms with Crippen molar-refractivity contribution >= 4 is 45.8 Å². The molecule has 15 heteroatoms. The first kappa shape index (κ1) is 41.2. The molecule has 0 saturated carbocycles. The Balaban J connectivity index is 0.818. The molecule has 322 valence electrons. The minimum absolute atomic E-state index is 0.0481. The van der Waals surface area contributed by atoms with Crippen LogP contribution in [-0.2, 0) is 27.9 Å². The van der Waals surface area contributed by atoms with Gasteiger partial charge in [-0.15, -0.1) is 0 Å². The van der Waals surface area contributed by atoms with Crippen molar-refractivity contribution in [1.82, 2.24) is 44.4 Å². The highest BCUT2D eigenvalue weighted by Crippen LogP contribution is 2.35. The SMILES string of the molecule is Cc1nn2c(N3CCN(CCO)CC3)cc(-c3cccc(CCCN4CCN(C(=O)CNc5cccc6c(C7CCC(=O)NC7=O)nn(C)c56)CC4)c3)nc2c1-c1ccccc1. The number of aromatic nitrogens is 5. The van der Waals surface area contributed by atoms with Crippen molar-refractivity contribution in [3.63, 3.8) is 0 Å². The lowest BCUT2D eigenvalue weighted by molar-refractivity contribution is -0.134. The van der Waals surface area contributed by atoms with Gasteiger partial charge in [-0.1, -0.05) is 60.7 Å². The van der Waals surface area contributed by atoms with E-state index in [1.54, 1.807) is 4.68 Å². The highest BCUT2D eigenvalue weighted by atomic mass is 16.3. The Kier molecular flexibility index (Phi) is 12.0. The number of hydrogen-bond acceptors (Lipinski definition) is 11. The minimum atomic E-state index is -0.487. The largest absolute Gasteiger partial charge is 0.395 e. The molecular formula is C47H55N11O4. The first-order chi connectivity index (χ1) is 30.2. The van der Waals surface area contributed by atoms with Crippen molar-refractivity contribution in [2.24, 2.45) is 7.05 Å². The van der Waals surface area contributed by atoms with Gasteiger partial charge in [0, 0.05) is 95.0 Å². The summed E-state index contributed by atoms with van der Waals surface area (Å²) in [5, 5.41) is 25.9. The van der Waals surface area contributed by atoms with Gasteiger partial charge in [0.1, 0.15) is 5.82 Å². The van der Waals surface area contributed by atoms with Crippen molar-refractivity contribution in [2.75, 3.05) is 88.8 Å². The molecule has 9 rings (SSSR count). The van der Waals surface area contributed by atoms with E-state index in [0.717, 1.165) is 115 Å². The number of piperidine rings is 1. The Bertz CT molecular complexity index is 2590. The number of aliphatic hydroxyl groups excluding tert-OH is 1. The van der Waals surface area contributed by atoms with E-state index in [4.69, 9.17) is 10.1 Å². The van der Waals surface area contributed by atoms with Crippen LogP contribution in [0.3, 0.4) is 0 Å². The molecule has 3 saturated heterocycles. The average molecular weight is 838 g/mol. The predicted octanol–water partition coefficient (Wildman–Crippen LogP) is 4.08. The zero-order chi connectivity index (χ0) is 42.7. The van der Waals surface area contributed by atoms with Crippen molar-refractivity contribution in [3.05, 3.63) is 95.8 Å². The van der Waals surface area contributed by atoms with Gasteiger partial charge in [0.25, 0.3) is 0 Å². The van der Waals surface area contributed by atoms with E-state index in [-0.39, 0.29) is 37.3 Å². The molecule has 0 spiro atoms. The van der Waals surface area contributed by atoms with E-state index in [1.165, 1.54) is 5.56 Å². The van der Waals surface area contributed by atoms with Gasteiger partial charge in [0.15, 0.2) is 5.65 Å². The normalized spacial score (nSPS) is 17.9. The van der Waals surface area contributed by atoms with Crippen LogP contribution >= 0.6 is 0 Å². The Hall–Kier alpha value is -6.16. The van der Waals surface area contributed by atoms with Crippen LogP contribution in [0.2, 0.25) is 0 Å². The van der Waals surface area contributed by atoms with Crippen LogP contribution in [-0.4, -0.2) is 141 Å². The van der Waals surface area contributed by atoms with Crippen LogP contribution in [0.1, 0.15) is 42.1 Å². The number of piperazine rings is 2. The zero-order valence-corrected chi connectivity index (χ0v) is 35.6. The Morgan fingerprint density at radius 3 is 2.37 bits per heavy atom. The summed E-state index contributed by atoms with van der Waals surface area (Å²) in [4.78, 5) is 52.1. The summed E-state index contributed by atoms with van der Waals surface area (Å²) in [5.74, 6) is 0.0256. The number of fused-ring (bicyclic) bond motifs is 2. The van der Waals surface area contributed by atoms with Crippen molar-refractivity contribution in [2.45, 2.75) is 38.5 Å². The average Bonchev–Trinajstić information content (AvgIpc) is 3.81. The highest BCUT2D eigenvalue weighted by Gasteiger charge is 2.32. The number of imide groups is 1. The lowest BCUT2D eigenvalue weighted by Crippen LogP contribution is -2.50. The number of rotatable bonds is 13. The topological polar surface area (TPSA) is 156 Å². The Morgan fingerprint density at radius 2 is 1.60 bits per heavy atom. The summed E-state index contributed by atoms with van der Waals surface area (Å²) in [6, 6.07) is 27.1. The summed E-state index contributed by atoms with van der Waals surface area (Å²) in [5.41, 5.74) is 9.47. The van der Waals surface area contributed by atoms with Gasteiger partial charge < -0.3 is 20.2 Å². The molecule has 3 N–H and O–H groups in total. The molecule has 3 aliphatic heterocycles. The lowest BCUT2D eigenvalue weighted by atomic mass is 9.92. The molecule has 1 unspecified atom stereocenters. The second kappa shape index (κ2) is 18.1. The standard InChI is InChI=1S/C47H55N11O4/c1-32-43(34-11-4-3-5-12-34)46-49-39(30-41(58(46)51-32)56-23-19-55(20-24-56)27-28-59)35-13-6-9-33(29-35)10-8-18-54-21-25-57(26-22-54)42(61)31-48-38-15-7-14-36-44(52-53(2)45(36)38)37-16-17-40(60)50-47(37)62/h3-7,9,11-15,29-30,37,48,59H,8,10,16-28,31H2,1-2H3,(H,50,60,62). The number of carbonyl (C=O) groups excluding carboxylic acids is 3. The smallest absolute Gasteiger partial charge is 0.241 e. The number of amides is 3. The van der Waals surface area contributed by atoms with Crippen LogP contribution in [0.15, 0.2) is 78.9 Å². The number of aryl methyl sites for hydroxylation is 3. The molecule has 62 heavy (non-hydrogen) atoms. The quantitative estimate of drug-likeness (QED) is 0.144. The third-order valence-corrected chi connectivity index (χ3v) is 12.7. The molecule has 0 radical (unpaired) electrons. The number of aliphatic hydroxyl groups is 1. The van der Waals surface area contributed by atoms with Crippen LogP contribution in [0, 0.1) is 6.92 Å². The summed E-state index contributed by atoms with van der Waals surface area (Å²) in [6.07, 6.45) is 2.66. The first-order valence-electron chi connectivity index (χ1n) is 21.9. The molecule has 3 amide bonds. The number of β-amino-alcohol motifs (C(OH)–C–C–N with tert-alkyl or cyclic N) is 1. The fourth-order valence-corrected chi connectivity index (χ4v) is 9.38. The van der Waals surface area contributed by atoms with Gasteiger partial charge in [-0.2, -0.15) is 14.7 Å². The molecule has 3 aromatic carbocycles. The van der Waals surface area contributed by atoms with Gasteiger partial charge in [-0.25, -0.2) is 4.98 Å². The molecule has 6 aromatic rings. The molecule has 0 bridgehead atoms. The molecule has 3 aromatic heterocycles. The predicted molar refractivity (Wildman–Crippen MR) is 240 cm³/mol. The summed E-state index contributed by atoms with van der Waals surface area (Å²) in [6.45, 7) is 10.5. The summed E-state index contributed by atoms with van der Waals surface area (Å²) >= 11 is 0. The number of benzene rings is 3. The number of anilines is 2. The van der Waals surface area contributed by atoms with E-state index < -0.39 is 5.92 Å². The van der Waals surface area contributed by atoms with E-state index in [1.807, 2.05) is 40.7 Å². The number of hydrogen-bond donors (Lipinski definition) is 3. The second-order valence-corrected chi connectivity index (χ2v) is 16.7. The first-order valence-corrected chi connectivity index (χ1v) is 21.9. The van der Waals surface area contributed by atoms with Gasteiger partial charge in [0.2, 0.25) is 17.7 Å². The second-order valence-electron chi connectivity index (χ2n) is 16.7. The third kappa shape index (κ3) is 8.52. The maximum Gasteiger partial charge on any atom is 0.241 e. The van der Waals surface area contributed by atoms with Gasteiger partial charge in [-0.05, 0) is 56.0 Å². The van der Waals surface area contributed by atoms with E-state index >= 15 is 0 Å². The fourth-order valence-electron chi connectivity index (χ4n) is 9.38. The zero-order valence-electron chi connectivity index (χ0n) is 35.6. The van der Waals surface area contributed by atoms with Gasteiger partial charge >= 0.3 is 0 Å². The van der Waals surface area contributed by atoms with E-state index in [0.29, 0.717) is 31.7 Å². The summed E-state index contributed by atoms with van der Waals surface area (Å²) < 4.78 is 3.76. The molecule has 6 heterocycles.